The summed E-state index contributed by atoms with van der Waals surface area (Å²) >= 11 is -5.73. The zero-order valence-electron chi connectivity index (χ0n) is 45.4. The third kappa shape index (κ3) is 8.70. The fourth-order valence-corrected chi connectivity index (χ4v) is 45.9. The first-order chi connectivity index (χ1) is 32.7. The van der Waals surface area contributed by atoms with Gasteiger partial charge in [0.15, 0.2) is 0 Å². The normalized spacial score (nSPS) is 17.7. The number of allylic oxidation sites excluding steroid dienone is 2. The van der Waals surface area contributed by atoms with E-state index in [4.69, 9.17) is 0 Å². The Morgan fingerprint density at radius 2 is 0.857 bits per heavy atom. The van der Waals surface area contributed by atoms with Crippen LogP contribution in [0.25, 0.3) is 45.5 Å². The molecule has 2 aliphatic carbocycles. The van der Waals surface area contributed by atoms with Crippen molar-refractivity contribution in [2.75, 3.05) is 0 Å². The third-order valence-corrected chi connectivity index (χ3v) is 47.5. The van der Waals surface area contributed by atoms with E-state index in [0.717, 1.165) is 25.7 Å². The molecule has 0 saturated carbocycles. The predicted molar refractivity (Wildman–Crippen MR) is 327 cm³/mol. The molecule has 0 fully saturated rings. The molecule has 1 heterocycles. The summed E-state index contributed by atoms with van der Waals surface area (Å²) in [6.45, 7) is 39.5. The van der Waals surface area contributed by atoms with Crippen LogP contribution in [0.3, 0.4) is 0 Å². The Bertz CT molecular complexity index is 2940. The van der Waals surface area contributed by atoms with Gasteiger partial charge in [-0.25, -0.2) is 0 Å². The topological polar surface area (TPSA) is 0 Å². The quantitative estimate of drug-likeness (QED) is 0.101. The van der Waals surface area contributed by atoms with Crippen LogP contribution in [0.1, 0.15) is 81.2 Å². The van der Waals surface area contributed by atoms with E-state index in [2.05, 4.69) is 222 Å². The number of rotatable bonds is 13. The van der Waals surface area contributed by atoms with E-state index in [9.17, 15) is 17.0 Å². The van der Waals surface area contributed by atoms with Crippen LogP contribution >= 0.6 is 17.0 Å². The molecular formula is C62H79Cl2Si5Zr. The zero-order valence-corrected chi connectivity index (χ0v) is 54.8. The molecule has 6 aromatic rings. The minimum absolute atomic E-state index is 0.0933. The van der Waals surface area contributed by atoms with E-state index in [-0.39, 0.29) is 7.25 Å². The second-order valence-electron chi connectivity index (χ2n) is 25.3. The van der Waals surface area contributed by atoms with Crippen molar-refractivity contribution in [3.63, 3.8) is 0 Å². The molecule has 0 aromatic heterocycles. The van der Waals surface area contributed by atoms with Crippen LogP contribution in [0.2, 0.25) is 78.6 Å². The second kappa shape index (κ2) is 18.3. The molecule has 365 valence electrons. The summed E-state index contributed by atoms with van der Waals surface area (Å²) < 4.78 is 1.14. The van der Waals surface area contributed by atoms with Crippen LogP contribution in [0.15, 0.2) is 114 Å². The van der Waals surface area contributed by atoms with Crippen molar-refractivity contribution >= 4 is 105 Å². The van der Waals surface area contributed by atoms with Gasteiger partial charge in [0.25, 0.3) is 0 Å². The molecule has 0 nitrogen and oxygen atoms in total. The number of fused-ring (bicyclic) bond motifs is 5. The fraction of sp³-hybridized carbons (Fsp3) is 0.355. The van der Waals surface area contributed by atoms with Crippen molar-refractivity contribution in [1.29, 1.82) is 0 Å². The average molecular weight is 1130 g/mol. The standard InChI is InChI=1S/2C25H35Si2.C12H9Si.2ClH.Zr/c2*1-9-18-13-20-12-11-19(10-2)25(24(20)14-18)21-15-22(26(3,4)5)17-23(16-21)27(6,7)8;1-3-7-11-9(5-1)10-6-2-4-8-12(10)13-11;;;/h2*11-17H,9-10H2,1-8H3;1-7H,13H2;2*1H;/q;;;;;+2/p-2. The summed E-state index contributed by atoms with van der Waals surface area (Å²) in [5.74, 6) is 0. The molecule has 6 aromatic carbocycles. The molecular weight excluding hydrogens is 1050 g/mol. The Kier molecular flexibility index (Phi) is 13.7. The molecule has 2 unspecified atom stereocenters. The third-order valence-electron chi connectivity index (χ3n) is 16.7. The van der Waals surface area contributed by atoms with Crippen LogP contribution in [0.5, 0.6) is 0 Å². The van der Waals surface area contributed by atoms with Gasteiger partial charge in [-0.05, 0) is 0 Å². The van der Waals surface area contributed by atoms with E-state index >= 15 is 0 Å². The van der Waals surface area contributed by atoms with Crippen molar-refractivity contribution < 1.29 is 16.4 Å². The molecule has 0 radical (unpaired) electrons. The van der Waals surface area contributed by atoms with Gasteiger partial charge in [-0.1, -0.05) is 0 Å². The molecule has 0 saturated heterocycles. The van der Waals surface area contributed by atoms with Gasteiger partial charge in [0.2, 0.25) is 0 Å². The van der Waals surface area contributed by atoms with Gasteiger partial charge >= 0.3 is 442 Å². The Morgan fingerprint density at radius 1 is 0.457 bits per heavy atom. The monoisotopic (exact) mass is 1120 g/mol. The molecule has 9 rings (SSSR count). The van der Waals surface area contributed by atoms with E-state index in [1.807, 2.05) is 0 Å². The molecule has 8 heteroatoms. The van der Waals surface area contributed by atoms with Crippen LogP contribution in [-0.2, 0) is 29.2 Å². The van der Waals surface area contributed by atoms with Crippen molar-refractivity contribution in [3.05, 3.63) is 148 Å². The van der Waals surface area contributed by atoms with E-state index in [1.54, 1.807) is 20.7 Å². The number of benzene rings is 6. The van der Waals surface area contributed by atoms with Crippen molar-refractivity contribution in [2.24, 2.45) is 0 Å². The Balaban J connectivity index is 1.38. The maximum absolute atomic E-state index is 9.58. The SMILES string of the molecule is CCC1=Cc2c(ccc(CC)c2-c2cc([Si](C)(C)C)cc([Si](C)(C)C)c2)[CH]1[Zr]([Cl])([Cl])([c]1cccc2c1[SiH2]c1ccccc1-2)[CH]1C(CC)=Cc2c1ccc(CC)c2-c1cc([Si](C)(C)C)cc([Si](C)(C)C)c1. The van der Waals surface area contributed by atoms with Crippen LogP contribution < -0.4 is 34.4 Å². The molecule has 1 aliphatic heterocycles. The molecule has 0 spiro atoms. The van der Waals surface area contributed by atoms with Gasteiger partial charge < -0.3 is 0 Å². The first-order valence-corrected chi connectivity index (χ1v) is 52.4. The van der Waals surface area contributed by atoms with Gasteiger partial charge in [0.1, 0.15) is 0 Å². The van der Waals surface area contributed by atoms with Gasteiger partial charge in [0.05, 0.1) is 0 Å². The van der Waals surface area contributed by atoms with Crippen molar-refractivity contribution in [2.45, 2.75) is 139 Å². The molecule has 0 N–H and O–H groups in total. The molecule has 3 aliphatic rings. The fourth-order valence-electron chi connectivity index (χ4n) is 12.6. The zero-order chi connectivity index (χ0) is 50.7. The number of aryl methyl sites for hydroxylation is 2. The summed E-state index contributed by atoms with van der Waals surface area (Å²) in [4.78, 5) is 0. The summed E-state index contributed by atoms with van der Waals surface area (Å²) in [6.07, 6.45) is 8.95. The first-order valence-electron chi connectivity index (χ1n) is 26.6. The number of halogens is 2. The van der Waals surface area contributed by atoms with E-state index < -0.39 is 58.2 Å². The van der Waals surface area contributed by atoms with E-state index in [0.29, 0.717) is 0 Å². The predicted octanol–water partition coefficient (Wildman–Crippen LogP) is 14.1. The average Bonchev–Trinajstić information content (AvgIpc) is 4.01. The first kappa shape index (κ1) is 52.2. The summed E-state index contributed by atoms with van der Waals surface area (Å²) in [7, 11) is 11.6. The Morgan fingerprint density at radius 3 is 1.24 bits per heavy atom. The van der Waals surface area contributed by atoms with Crippen LogP contribution in [0, 0.1) is 0 Å². The Labute approximate surface area is 437 Å². The minimum atomic E-state index is -5.73. The second-order valence-corrected chi connectivity index (χ2v) is 68.1. The number of hydrogen-bond acceptors (Lipinski definition) is 0. The summed E-state index contributed by atoms with van der Waals surface area (Å²) in [5.41, 5.74) is 19.5. The summed E-state index contributed by atoms with van der Waals surface area (Å²) in [5, 5.41) is 9.21. The van der Waals surface area contributed by atoms with Crippen LogP contribution in [0.4, 0.5) is 0 Å². The molecule has 70 heavy (non-hydrogen) atoms. The summed E-state index contributed by atoms with van der Waals surface area (Å²) in [6, 6.07) is 41.7. The molecule has 0 bridgehead atoms. The maximum atomic E-state index is 9.58. The van der Waals surface area contributed by atoms with Crippen molar-refractivity contribution in [1.82, 2.24) is 0 Å². The molecule has 2 atom stereocenters. The van der Waals surface area contributed by atoms with Crippen molar-refractivity contribution in [3.8, 4) is 33.4 Å². The van der Waals surface area contributed by atoms with Gasteiger partial charge in [-0.15, -0.1) is 0 Å². The van der Waals surface area contributed by atoms with Gasteiger partial charge in [-0.2, -0.15) is 0 Å². The van der Waals surface area contributed by atoms with E-state index in [1.165, 1.54) is 91.6 Å². The number of hydrogen-bond donors (Lipinski definition) is 0. The Hall–Kier alpha value is -2.65. The van der Waals surface area contributed by atoms with Crippen LogP contribution in [-0.4, -0.2) is 41.8 Å². The molecule has 0 amide bonds. The van der Waals surface area contributed by atoms with Gasteiger partial charge in [0, 0.05) is 0 Å². The van der Waals surface area contributed by atoms with Gasteiger partial charge in [-0.3, -0.25) is 0 Å².